The van der Waals surface area contributed by atoms with Gasteiger partial charge in [0.05, 0.1) is 42.2 Å². The number of Topliss-reactive ketones (excluding diaryl/α,β-unsaturated/α-hetero) is 1. The number of hydrogen-bond acceptors (Lipinski definition) is 10. The predicted octanol–water partition coefficient (Wildman–Crippen LogP) is 3.49. The van der Waals surface area contributed by atoms with Gasteiger partial charge >= 0.3 is 6.09 Å². The maximum atomic E-state index is 14.5. The molecule has 3 amide bonds. The van der Waals surface area contributed by atoms with E-state index in [9.17, 15) is 27.6 Å². The van der Waals surface area contributed by atoms with Crippen molar-refractivity contribution in [3.05, 3.63) is 47.5 Å². The molecule has 0 aromatic heterocycles. The molecule has 1 aromatic carbocycles. The summed E-state index contributed by atoms with van der Waals surface area (Å²) < 4.78 is 38.4. The standard InChI is InChI=1S/C34H43ClN4O9S/c1-5-21-14-34(21,30(42)38-49(44,45)24-9-10-24)17-27(40)26-16-33(15-25(37-48-33)20-7-6-8-22(35)13-20)19-39(26)29(41)28(32(2,3)4)36-31(43)47-23-11-12-46-18-23/h5-8,13,21,23-24,26,28H,1,9-12,14-19H2,2-4H3,(H,36,43)(H,38,42)/t21-,23?,26+,28-,33-,34-/m1/s1. The second-order valence-electron chi connectivity index (χ2n) is 15.0. The number of rotatable bonds is 11. The molecule has 2 saturated carbocycles. The Morgan fingerprint density at radius 3 is 2.57 bits per heavy atom. The van der Waals surface area contributed by atoms with E-state index in [-0.39, 0.29) is 38.8 Å². The first-order valence-electron chi connectivity index (χ1n) is 16.6. The number of carbonyl (C=O) groups is 4. The molecular formula is C34H43ClN4O9S. The van der Waals surface area contributed by atoms with Crippen LogP contribution in [0.15, 0.2) is 42.1 Å². The van der Waals surface area contributed by atoms with Crippen molar-refractivity contribution in [3.8, 4) is 0 Å². The number of carbonyl (C=O) groups excluding carboxylic acids is 4. The van der Waals surface area contributed by atoms with Crippen LogP contribution >= 0.6 is 11.6 Å². The summed E-state index contributed by atoms with van der Waals surface area (Å²) in [7, 11) is -3.86. The minimum atomic E-state index is -3.86. The maximum Gasteiger partial charge on any atom is 0.408 e. The maximum absolute atomic E-state index is 14.5. The number of likely N-dealkylation sites (tertiary alicyclic amines) is 1. The molecule has 1 spiro atoms. The Labute approximate surface area is 291 Å². The highest BCUT2D eigenvalue weighted by Gasteiger charge is 2.63. The lowest BCUT2D eigenvalue weighted by Crippen LogP contribution is -2.57. The van der Waals surface area contributed by atoms with Gasteiger partial charge in [-0.05, 0) is 42.7 Å². The lowest BCUT2D eigenvalue weighted by Gasteiger charge is -2.35. The van der Waals surface area contributed by atoms with E-state index in [4.69, 9.17) is 25.9 Å². The number of ketones is 1. The van der Waals surface area contributed by atoms with Crippen LogP contribution in [0.1, 0.15) is 71.3 Å². The molecule has 4 fully saturated rings. The molecule has 2 saturated heterocycles. The summed E-state index contributed by atoms with van der Waals surface area (Å²) in [6.45, 7) is 9.90. The Morgan fingerprint density at radius 2 is 1.96 bits per heavy atom. The van der Waals surface area contributed by atoms with Gasteiger partial charge in [0.2, 0.25) is 21.8 Å². The van der Waals surface area contributed by atoms with Crippen LogP contribution in [-0.4, -0.2) is 91.5 Å². The van der Waals surface area contributed by atoms with Gasteiger partial charge in [-0.15, -0.1) is 6.58 Å². The number of amides is 3. The Hall–Kier alpha value is -3.49. The van der Waals surface area contributed by atoms with Crippen LogP contribution < -0.4 is 10.0 Å². The van der Waals surface area contributed by atoms with E-state index in [0.717, 1.165) is 5.56 Å². The molecule has 2 N–H and O–H groups in total. The molecule has 6 atom stereocenters. The van der Waals surface area contributed by atoms with E-state index < -0.39 is 79.5 Å². The number of oxime groups is 1. The number of hydrogen-bond donors (Lipinski definition) is 2. The summed E-state index contributed by atoms with van der Waals surface area (Å²) >= 11 is 6.23. The first-order valence-corrected chi connectivity index (χ1v) is 18.6. The van der Waals surface area contributed by atoms with Crippen LogP contribution in [0.2, 0.25) is 5.02 Å². The lowest BCUT2D eigenvalue weighted by atomic mass is 9.85. The van der Waals surface area contributed by atoms with Crippen molar-refractivity contribution in [2.45, 2.75) is 94.8 Å². The highest BCUT2D eigenvalue weighted by molar-refractivity contribution is 7.90. The molecule has 5 aliphatic rings. The number of sulfonamides is 1. The van der Waals surface area contributed by atoms with E-state index in [1.807, 2.05) is 6.07 Å². The first-order chi connectivity index (χ1) is 23.1. The molecular weight excluding hydrogens is 676 g/mol. The topological polar surface area (TPSA) is 170 Å². The second-order valence-corrected chi connectivity index (χ2v) is 17.4. The fourth-order valence-corrected chi connectivity index (χ4v) is 8.61. The third-order valence-electron chi connectivity index (χ3n) is 10.1. The molecule has 0 bridgehead atoms. The number of alkyl carbamates (subject to hydrolysis) is 1. The number of nitrogens with zero attached hydrogens (tertiary/aromatic N) is 2. The summed E-state index contributed by atoms with van der Waals surface area (Å²) in [6, 6.07) is 4.98. The van der Waals surface area contributed by atoms with E-state index in [2.05, 4.69) is 21.8 Å². The number of ether oxygens (including phenoxy) is 2. The fraction of sp³-hybridized carbons (Fsp3) is 0.618. The lowest BCUT2D eigenvalue weighted by molar-refractivity contribution is -0.142. The van der Waals surface area contributed by atoms with Crippen molar-refractivity contribution >= 4 is 51.0 Å². The summed E-state index contributed by atoms with van der Waals surface area (Å²) in [6.07, 6.45) is 2.14. The smallest absolute Gasteiger partial charge is 0.408 e. The Morgan fingerprint density at radius 1 is 1.20 bits per heavy atom. The third-order valence-corrected chi connectivity index (χ3v) is 12.2. The van der Waals surface area contributed by atoms with Crippen molar-refractivity contribution in [1.29, 1.82) is 0 Å². The van der Waals surface area contributed by atoms with Crippen LogP contribution in [0.4, 0.5) is 4.79 Å². The highest BCUT2D eigenvalue weighted by atomic mass is 35.5. The Bertz CT molecular complexity index is 1680. The summed E-state index contributed by atoms with van der Waals surface area (Å²) in [5.41, 5.74) is -1.83. The minimum Gasteiger partial charge on any atom is -0.444 e. The van der Waals surface area contributed by atoms with Crippen LogP contribution in [0.5, 0.6) is 0 Å². The van der Waals surface area contributed by atoms with Crippen molar-refractivity contribution in [3.63, 3.8) is 0 Å². The van der Waals surface area contributed by atoms with Crippen molar-refractivity contribution in [2.24, 2.45) is 21.9 Å². The van der Waals surface area contributed by atoms with E-state index in [1.165, 1.54) is 4.90 Å². The van der Waals surface area contributed by atoms with Crippen molar-refractivity contribution in [1.82, 2.24) is 14.9 Å². The van der Waals surface area contributed by atoms with E-state index >= 15 is 0 Å². The molecule has 2 aliphatic carbocycles. The van der Waals surface area contributed by atoms with Gasteiger partial charge in [-0.3, -0.25) is 19.1 Å². The number of nitrogens with one attached hydrogen (secondary N) is 2. The number of halogens is 1. The van der Waals surface area contributed by atoms with Gasteiger partial charge in [-0.1, -0.05) is 55.7 Å². The molecule has 3 heterocycles. The summed E-state index contributed by atoms with van der Waals surface area (Å²) in [5, 5.41) is 6.97. The summed E-state index contributed by atoms with van der Waals surface area (Å²) in [5.74, 6) is -2.09. The second kappa shape index (κ2) is 13.0. The average molecular weight is 719 g/mol. The van der Waals surface area contributed by atoms with Gasteiger partial charge in [-0.25, -0.2) is 13.2 Å². The Kier molecular flexibility index (Phi) is 9.38. The van der Waals surface area contributed by atoms with Gasteiger partial charge < -0.3 is 24.5 Å². The molecule has 13 nitrogen and oxygen atoms in total. The molecule has 49 heavy (non-hydrogen) atoms. The minimum absolute atomic E-state index is 0.0181. The monoisotopic (exact) mass is 718 g/mol. The SMILES string of the molecule is C=C[C@@H]1C[C@]1(CC(=O)[C@@H]1C[C@]2(CC(c3cccc(Cl)c3)=NO2)CN1C(=O)[C@@H](NC(=O)OC1CCOC1)C(C)(C)C)C(=O)NS(=O)(=O)C1CC1. The zero-order chi connectivity index (χ0) is 35.4. The molecule has 15 heteroatoms. The fourth-order valence-electron chi connectivity index (χ4n) is 7.04. The quantitative estimate of drug-likeness (QED) is 0.325. The van der Waals surface area contributed by atoms with Gasteiger partial charge in [0.15, 0.2) is 11.4 Å². The molecule has 0 radical (unpaired) electrons. The molecule has 1 aromatic rings. The van der Waals surface area contributed by atoms with Crippen LogP contribution in [0, 0.1) is 16.7 Å². The van der Waals surface area contributed by atoms with Gasteiger partial charge in [-0.2, -0.15) is 0 Å². The highest BCUT2D eigenvalue weighted by Crippen LogP contribution is 2.57. The largest absolute Gasteiger partial charge is 0.444 e. The van der Waals surface area contributed by atoms with Crippen LogP contribution in [0.25, 0.3) is 0 Å². The van der Waals surface area contributed by atoms with E-state index in [0.29, 0.717) is 36.6 Å². The third kappa shape index (κ3) is 7.36. The summed E-state index contributed by atoms with van der Waals surface area (Å²) in [4.78, 5) is 62.8. The van der Waals surface area contributed by atoms with Crippen molar-refractivity contribution < 1.29 is 41.9 Å². The zero-order valence-corrected chi connectivity index (χ0v) is 29.5. The molecule has 266 valence electrons. The molecule has 1 unspecified atom stereocenters. The average Bonchev–Trinajstić information content (AvgIpc) is 3.86. The zero-order valence-electron chi connectivity index (χ0n) is 27.9. The van der Waals surface area contributed by atoms with Gasteiger partial charge in [0.25, 0.3) is 0 Å². The Balaban J connectivity index is 1.26. The number of benzene rings is 1. The van der Waals surface area contributed by atoms with Crippen molar-refractivity contribution in [2.75, 3.05) is 19.8 Å². The van der Waals surface area contributed by atoms with Gasteiger partial charge in [0.1, 0.15) is 12.1 Å². The molecule has 6 rings (SSSR count). The van der Waals surface area contributed by atoms with Crippen LogP contribution in [0.3, 0.4) is 0 Å². The predicted molar refractivity (Wildman–Crippen MR) is 179 cm³/mol. The van der Waals surface area contributed by atoms with Gasteiger partial charge in [0, 0.05) is 36.3 Å². The number of allylic oxidation sites excluding steroid dienone is 1. The molecule has 3 aliphatic heterocycles. The first kappa shape index (κ1) is 35.3. The normalized spacial score (nSPS) is 29.9. The van der Waals surface area contributed by atoms with E-state index in [1.54, 1.807) is 45.0 Å². The van der Waals surface area contributed by atoms with Crippen LogP contribution in [-0.2, 0) is 38.7 Å².